The lowest BCUT2D eigenvalue weighted by atomic mass is 10.2. The lowest BCUT2D eigenvalue weighted by molar-refractivity contribution is 0.925. The maximum absolute atomic E-state index is 5.32. The molecule has 0 atom stereocenters. The monoisotopic (exact) mass is 412 g/mol. The minimum absolute atomic E-state index is 0.596. The average molecular weight is 414 g/mol. The molecule has 0 radical (unpaired) electrons. The van der Waals surface area contributed by atoms with Gasteiger partial charge < -0.3 is 10.6 Å². The first-order valence-electron chi connectivity index (χ1n) is 6.10. The van der Waals surface area contributed by atoms with Gasteiger partial charge in [0.1, 0.15) is 0 Å². The summed E-state index contributed by atoms with van der Waals surface area (Å²) in [6.07, 6.45) is 0. The Morgan fingerprint density at radius 1 is 1.10 bits per heavy atom. The van der Waals surface area contributed by atoms with Crippen LogP contribution in [-0.4, -0.2) is 5.11 Å². The normalized spacial score (nSPS) is 10.2. The van der Waals surface area contributed by atoms with Crippen LogP contribution in [0.3, 0.4) is 0 Å². The van der Waals surface area contributed by atoms with Crippen LogP contribution in [-0.2, 0) is 6.54 Å². The largest absolute Gasteiger partial charge is 0.358 e. The van der Waals surface area contributed by atoms with Gasteiger partial charge in [0.25, 0.3) is 0 Å². The Hall–Kier alpha value is -0.910. The highest BCUT2D eigenvalue weighted by Crippen LogP contribution is 2.32. The summed E-state index contributed by atoms with van der Waals surface area (Å²) >= 11 is 12.4. The molecule has 104 valence electrons. The van der Waals surface area contributed by atoms with Crippen LogP contribution in [0.4, 0.5) is 5.69 Å². The van der Waals surface area contributed by atoms with E-state index in [9.17, 15) is 0 Å². The Morgan fingerprint density at radius 3 is 2.30 bits per heavy atom. The molecule has 2 aromatic rings. The molecule has 20 heavy (non-hydrogen) atoms. The Kier molecular flexibility index (Phi) is 5.57. The second-order valence-electron chi connectivity index (χ2n) is 4.40. The molecule has 0 heterocycles. The Balaban J connectivity index is 1.98. The van der Waals surface area contributed by atoms with Crippen LogP contribution < -0.4 is 10.6 Å². The molecular weight excluding hydrogens is 400 g/mol. The van der Waals surface area contributed by atoms with Crippen LogP contribution >= 0.6 is 44.1 Å². The van der Waals surface area contributed by atoms with E-state index in [0.29, 0.717) is 11.7 Å². The minimum Gasteiger partial charge on any atom is -0.358 e. The van der Waals surface area contributed by atoms with Gasteiger partial charge in [0.05, 0.1) is 5.69 Å². The minimum atomic E-state index is 0.596. The molecule has 0 aliphatic heterocycles. The number of thiocarbonyl (C=S) groups is 1. The average Bonchev–Trinajstić information content (AvgIpc) is 2.42. The Labute approximate surface area is 141 Å². The first-order chi connectivity index (χ1) is 9.56. The molecule has 0 aliphatic rings. The van der Waals surface area contributed by atoms with E-state index in [2.05, 4.69) is 54.6 Å². The fraction of sp³-hybridized carbons (Fsp3) is 0.133. The smallest absolute Gasteiger partial charge is 0.171 e. The van der Waals surface area contributed by atoms with Crippen LogP contribution in [0.25, 0.3) is 0 Å². The van der Waals surface area contributed by atoms with Crippen molar-refractivity contribution in [1.29, 1.82) is 0 Å². The molecule has 2 aromatic carbocycles. The van der Waals surface area contributed by atoms with Crippen molar-refractivity contribution >= 4 is 54.9 Å². The van der Waals surface area contributed by atoms with Gasteiger partial charge in [0.2, 0.25) is 0 Å². The lowest BCUT2D eigenvalue weighted by Gasteiger charge is -2.14. The molecule has 5 heteroatoms. The van der Waals surface area contributed by atoms with Crippen molar-refractivity contribution in [3.8, 4) is 0 Å². The predicted octanol–water partition coefficient (Wildman–Crippen LogP) is 5.01. The summed E-state index contributed by atoms with van der Waals surface area (Å²) in [6.45, 7) is 2.75. The summed E-state index contributed by atoms with van der Waals surface area (Å²) in [6, 6.07) is 14.3. The number of nitrogens with one attached hydrogen (secondary N) is 2. The zero-order chi connectivity index (χ0) is 14.5. The quantitative estimate of drug-likeness (QED) is 0.691. The SMILES string of the molecule is Cc1cc(Br)c(NC(=S)NCc2ccccc2)c(Br)c1. The molecule has 0 spiro atoms. The third kappa shape index (κ3) is 4.30. The van der Waals surface area contributed by atoms with Crippen molar-refractivity contribution in [3.63, 3.8) is 0 Å². The highest BCUT2D eigenvalue weighted by atomic mass is 79.9. The second kappa shape index (κ2) is 7.20. The van der Waals surface area contributed by atoms with Gasteiger partial charge in [-0.3, -0.25) is 0 Å². The van der Waals surface area contributed by atoms with Gasteiger partial charge in [0, 0.05) is 15.5 Å². The van der Waals surface area contributed by atoms with E-state index in [-0.39, 0.29) is 0 Å². The van der Waals surface area contributed by atoms with Gasteiger partial charge in [-0.1, -0.05) is 30.3 Å². The van der Waals surface area contributed by atoms with E-state index in [0.717, 1.165) is 14.6 Å². The van der Waals surface area contributed by atoms with Crippen molar-refractivity contribution in [2.75, 3.05) is 5.32 Å². The van der Waals surface area contributed by atoms with Crippen LogP contribution in [0, 0.1) is 6.92 Å². The molecule has 0 saturated heterocycles. The second-order valence-corrected chi connectivity index (χ2v) is 6.51. The van der Waals surface area contributed by atoms with Gasteiger partial charge in [0.15, 0.2) is 5.11 Å². The molecule has 2 rings (SSSR count). The van der Waals surface area contributed by atoms with Crippen LogP contribution in [0.15, 0.2) is 51.4 Å². The first-order valence-corrected chi connectivity index (χ1v) is 8.10. The Bertz CT molecular complexity index is 592. The topological polar surface area (TPSA) is 24.1 Å². The highest BCUT2D eigenvalue weighted by molar-refractivity contribution is 9.11. The maximum atomic E-state index is 5.32. The van der Waals surface area contributed by atoms with Crippen molar-refractivity contribution in [3.05, 3.63) is 62.5 Å². The van der Waals surface area contributed by atoms with Gasteiger partial charge >= 0.3 is 0 Å². The number of aryl methyl sites for hydroxylation is 1. The molecule has 0 fully saturated rings. The third-order valence-electron chi connectivity index (χ3n) is 2.72. The molecule has 2 N–H and O–H groups in total. The predicted molar refractivity (Wildman–Crippen MR) is 96.1 cm³/mol. The number of halogens is 2. The molecule has 0 amide bonds. The summed E-state index contributed by atoms with van der Waals surface area (Å²) in [4.78, 5) is 0. The Morgan fingerprint density at radius 2 is 1.70 bits per heavy atom. The highest BCUT2D eigenvalue weighted by Gasteiger charge is 2.07. The van der Waals surface area contributed by atoms with Gasteiger partial charge in [-0.25, -0.2) is 0 Å². The van der Waals surface area contributed by atoms with Crippen molar-refractivity contribution in [2.24, 2.45) is 0 Å². The fourth-order valence-electron chi connectivity index (χ4n) is 1.76. The molecule has 0 saturated carbocycles. The van der Waals surface area contributed by atoms with E-state index in [4.69, 9.17) is 12.2 Å². The third-order valence-corrected chi connectivity index (χ3v) is 4.22. The summed E-state index contributed by atoms with van der Waals surface area (Å²) in [5.74, 6) is 0. The molecule has 0 bridgehead atoms. The van der Waals surface area contributed by atoms with E-state index in [1.807, 2.05) is 37.3 Å². The maximum Gasteiger partial charge on any atom is 0.171 e. The van der Waals surface area contributed by atoms with Crippen molar-refractivity contribution in [1.82, 2.24) is 5.32 Å². The number of rotatable bonds is 3. The van der Waals surface area contributed by atoms with Gasteiger partial charge in [-0.2, -0.15) is 0 Å². The summed E-state index contributed by atoms with van der Waals surface area (Å²) in [7, 11) is 0. The van der Waals surface area contributed by atoms with Crippen LogP contribution in [0.5, 0.6) is 0 Å². The van der Waals surface area contributed by atoms with Crippen molar-refractivity contribution < 1.29 is 0 Å². The lowest BCUT2D eigenvalue weighted by Crippen LogP contribution is -2.28. The van der Waals surface area contributed by atoms with E-state index in [1.165, 1.54) is 11.1 Å². The number of hydrogen-bond donors (Lipinski definition) is 2. The van der Waals surface area contributed by atoms with Crippen LogP contribution in [0.1, 0.15) is 11.1 Å². The van der Waals surface area contributed by atoms with E-state index in [1.54, 1.807) is 0 Å². The van der Waals surface area contributed by atoms with E-state index >= 15 is 0 Å². The molecular formula is C15H14Br2N2S. The number of benzene rings is 2. The molecule has 2 nitrogen and oxygen atoms in total. The number of hydrogen-bond acceptors (Lipinski definition) is 1. The number of anilines is 1. The first kappa shape index (κ1) is 15.5. The van der Waals surface area contributed by atoms with E-state index < -0.39 is 0 Å². The summed E-state index contributed by atoms with van der Waals surface area (Å²) in [5, 5.41) is 6.99. The zero-order valence-corrected chi connectivity index (χ0v) is 14.9. The summed E-state index contributed by atoms with van der Waals surface area (Å²) < 4.78 is 1.96. The standard InChI is InChI=1S/C15H14Br2N2S/c1-10-7-12(16)14(13(17)8-10)19-15(20)18-9-11-5-3-2-4-6-11/h2-8H,9H2,1H3,(H2,18,19,20). The molecule has 0 aliphatic carbocycles. The zero-order valence-electron chi connectivity index (χ0n) is 10.9. The van der Waals surface area contributed by atoms with Crippen LogP contribution in [0.2, 0.25) is 0 Å². The summed E-state index contributed by atoms with van der Waals surface area (Å²) in [5.41, 5.74) is 3.30. The fourth-order valence-corrected chi connectivity index (χ4v) is 3.54. The molecule has 0 unspecified atom stereocenters. The van der Waals surface area contributed by atoms with Crippen molar-refractivity contribution in [2.45, 2.75) is 13.5 Å². The van der Waals surface area contributed by atoms with Gasteiger partial charge in [-0.15, -0.1) is 0 Å². The van der Waals surface area contributed by atoms with Gasteiger partial charge in [-0.05, 0) is 74.3 Å². The molecule has 0 aromatic heterocycles.